The minimum Gasteiger partial charge on any atom is -0.271 e. The molecule has 0 amide bonds. The first-order valence-electron chi connectivity index (χ1n) is 6.76. The molecule has 1 aliphatic carbocycles. The van der Waals surface area contributed by atoms with Gasteiger partial charge in [-0.3, -0.25) is 11.3 Å². The maximum atomic E-state index is 5.71. The van der Waals surface area contributed by atoms with E-state index in [1.807, 2.05) is 0 Å². The highest BCUT2D eigenvalue weighted by Gasteiger charge is 2.31. The van der Waals surface area contributed by atoms with Gasteiger partial charge >= 0.3 is 0 Å². The van der Waals surface area contributed by atoms with Crippen molar-refractivity contribution in [3.8, 4) is 0 Å². The SMILES string of the molecule is CC(C)CCCC(NN)C1Cc2ccccc21. The van der Waals surface area contributed by atoms with Crippen LogP contribution in [-0.2, 0) is 6.42 Å². The van der Waals surface area contributed by atoms with E-state index in [1.165, 1.54) is 36.8 Å². The molecule has 0 saturated heterocycles. The van der Waals surface area contributed by atoms with E-state index in [9.17, 15) is 0 Å². The van der Waals surface area contributed by atoms with Gasteiger partial charge in [0.25, 0.3) is 0 Å². The summed E-state index contributed by atoms with van der Waals surface area (Å²) in [5.41, 5.74) is 6.02. The van der Waals surface area contributed by atoms with Crippen molar-refractivity contribution in [2.24, 2.45) is 11.8 Å². The zero-order valence-corrected chi connectivity index (χ0v) is 10.9. The second-order valence-electron chi connectivity index (χ2n) is 5.61. The molecule has 0 heterocycles. The Morgan fingerprint density at radius 1 is 1.29 bits per heavy atom. The van der Waals surface area contributed by atoms with E-state index in [0.29, 0.717) is 12.0 Å². The Morgan fingerprint density at radius 2 is 2.06 bits per heavy atom. The van der Waals surface area contributed by atoms with Crippen LogP contribution in [0.4, 0.5) is 0 Å². The van der Waals surface area contributed by atoms with Crippen LogP contribution in [0.5, 0.6) is 0 Å². The van der Waals surface area contributed by atoms with E-state index in [0.717, 1.165) is 5.92 Å². The lowest BCUT2D eigenvalue weighted by atomic mass is 9.72. The molecule has 2 atom stereocenters. The predicted octanol–water partition coefficient (Wildman–Crippen LogP) is 2.98. The summed E-state index contributed by atoms with van der Waals surface area (Å²) in [4.78, 5) is 0. The van der Waals surface area contributed by atoms with E-state index in [1.54, 1.807) is 0 Å². The van der Waals surface area contributed by atoms with E-state index >= 15 is 0 Å². The zero-order chi connectivity index (χ0) is 12.3. The molecule has 1 aliphatic rings. The van der Waals surface area contributed by atoms with Crippen LogP contribution in [0.15, 0.2) is 24.3 Å². The predicted molar refractivity (Wildman–Crippen MR) is 72.7 cm³/mol. The quantitative estimate of drug-likeness (QED) is 0.584. The van der Waals surface area contributed by atoms with Gasteiger partial charge < -0.3 is 0 Å². The van der Waals surface area contributed by atoms with E-state index < -0.39 is 0 Å². The van der Waals surface area contributed by atoms with Crippen LogP contribution in [-0.4, -0.2) is 6.04 Å². The summed E-state index contributed by atoms with van der Waals surface area (Å²) in [5.74, 6) is 7.13. The van der Waals surface area contributed by atoms with Gasteiger partial charge in [0.1, 0.15) is 0 Å². The number of nitrogens with one attached hydrogen (secondary N) is 1. The molecule has 1 aromatic carbocycles. The minimum absolute atomic E-state index is 0.448. The topological polar surface area (TPSA) is 38.0 Å². The molecule has 2 nitrogen and oxygen atoms in total. The van der Waals surface area contributed by atoms with Crippen molar-refractivity contribution in [3.63, 3.8) is 0 Å². The first kappa shape index (κ1) is 12.6. The standard InChI is InChI=1S/C15H24N2/c1-11(2)6-5-9-15(17-16)14-10-12-7-3-4-8-13(12)14/h3-4,7-8,11,14-15,17H,5-6,9-10,16H2,1-2H3. The van der Waals surface area contributed by atoms with Gasteiger partial charge in [0.2, 0.25) is 0 Å². The number of nitrogens with two attached hydrogens (primary N) is 1. The molecule has 0 aliphatic heterocycles. The van der Waals surface area contributed by atoms with Gasteiger partial charge in [-0.1, -0.05) is 51.0 Å². The highest BCUT2D eigenvalue weighted by molar-refractivity contribution is 5.41. The molecular formula is C15H24N2. The lowest BCUT2D eigenvalue weighted by Crippen LogP contribution is -2.43. The average molecular weight is 232 g/mol. The fourth-order valence-electron chi connectivity index (χ4n) is 2.80. The number of rotatable bonds is 6. The van der Waals surface area contributed by atoms with Crippen molar-refractivity contribution in [2.75, 3.05) is 0 Å². The van der Waals surface area contributed by atoms with Gasteiger partial charge in [0.05, 0.1) is 0 Å². The summed E-state index contributed by atoms with van der Waals surface area (Å²) >= 11 is 0. The van der Waals surface area contributed by atoms with Gasteiger partial charge in [-0.25, -0.2) is 0 Å². The average Bonchev–Trinajstić information content (AvgIpc) is 2.28. The van der Waals surface area contributed by atoms with Crippen LogP contribution in [0.25, 0.3) is 0 Å². The van der Waals surface area contributed by atoms with Crippen molar-refractivity contribution in [3.05, 3.63) is 35.4 Å². The monoisotopic (exact) mass is 232 g/mol. The van der Waals surface area contributed by atoms with Crippen molar-refractivity contribution in [2.45, 2.75) is 51.5 Å². The fourth-order valence-corrected chi connectivity index (χ4v) is 2.80. The molecule has 2 unspecified atom stereocenters. The summed E-state index contributed by atoms with van der Waals surface area (Å²) in [6.07, 6.45) is 4.94. The van der Waals surface area contributed by atoms with Crippen LogP contribution in [0.1, 0.15) is 50.2 Å². The second kappa shape index (κ2) is 5.65. The van der Waals surface area contributed by atoms with Crippen molar-refractivity contribution in [1.29, 1.82) is 0 Å². The molecule has 1 aromatic rings. The van der Waals surface area contributed by atoms with Gasteiger partial charge in [0, 0.05) is 12.0 Å². The number of hydrazine groups is 1. The highest BCUT2D eigenvalue weighted by Crippen LogP contribution is 2.38. The van der Waals surface area contributed by atoms with Crippen molar-refractivity contribution < 1.29 is 0 Å². The van der Waals surface area contributed by atoms with E-state index in [-0.39, 0.29) is 0 Å². The third-order valence-electron chi connectivity index (χ3n) is 3.89. The van der Waals surface area contributed by atoms with Crippen LogP contribution >= 0.6 is 0 Å². The molecule has 2 rings (SSSR count). The fraction of sp³-hybridized carbons (Fsp3) is 0.600. The minimum atomic E-state index is 0.448. The lowest BCUT2D eigenvalue weighted by Gasteiger charge is -2.36. The Bertz CT molecular complexity index is 360. The van der Waals surface area contributed by atoms with E-state index in [4.69, 9.17) is 5.84 Å². The maximum absolute atomic E-state index is 5.71. The van der Waals surface area contributed by atoms with Crippen LogP contribution < -0.4 is 11.3 Å². The molecule has 0 aromatic heterocycles. The van der Waals surface area contributed by atoms with Gasteiger partial charge in [-0.15, -0.1) is 0 Å². The first-order chi connectivity index (χ1) is 8.22. The van der Waals surface area contributed by atoms with Crippen molar-refractivity contribution >= 4 is 0 Å². The summed E-state index contributed by atoms with van der Waals surface area (Å²) in [6, 6.07) is 9.18. The summed E-state index contributed by atoms with van der Waals surface area (Å²) in [7, 11) is 0. The Labute approximate surface area is 105 Å². The van der Waals surface area contributed by atoms with Crippen LogP contribution in [0, 0.1) is 5.92 Å². The molecule has 0 spiro atoms. The third kappa shape index (κ3) is 2.88. The smallest absolute Gasteiger partial charge is 0.0282 e. The number of hydrogen-bond acceptors (Lipinski definition) is 2. The summed E-state index contributed by atoms with van der Waals surface area (Å²) in [5, 5.41) is 0. The molecule has 0 saturated carbocycles. The van der Waals surface area contributed by atoms with Gasteiger partial charge in [-0.05, 0) is 29.9 Å². The molecular weight excluding hydrogens is 208 g/mol. The Kier molecular flexibility index (Phi) is 4.19. The number of benzene rings is 1. The van der Waals surface area contributed by atoms with Gasteiger partial charge in [-0.2, -0.15) is 0 Å². The third-order valence-corrected chi connectivity index (χ3v) is 3.89. The Hall–Kier alpha value is -0.860. The van der Waals surface area contributed by atoms with Crippen LogP contribution in [0.2, 0.25) is 0 Å². The molecule has 17 heavy (non-hydrogen) atoms. The molecule has 0 radical (unpaired) electrons. The first-order valence-corrected chi connectivity index (χ1v) is 6.76. The largest absolute Gasteiger partial charge is 0.271 e. The van der Waals surface area contributed by atoms with Gasteiger partial charge in [0.15, 0.2) is 0 Å². The maximum Gasteiger partial charge on any atom is 0.0282 e. The number of fused-ring (bicyclic) bond motifs is 1. The summed E-state index contributed by atoms with van der Waals surface area (Å²) < 4.78 is 0. The molecule has 94 valence electrons. The summed E-state index contributed by atoms with van der Waals surface area (Å²) in [6.45, 7) is 4.56. The molecule has 0 fully saturated rings. The normalized spacial score (nSPS) is 19.9. The zero-order valence-electron chi connectivity index (χ0n) is 10.9. The van der Waals surface area contributed by atoms with Crippen LogP contribution in [0.3, 0.4) is 0 Å². The number of hydrogen-bond donors (Lipinski definition) is 2. The lowest BCUT2D eigenvalue weighted by molar-refractivity contribution is 0.364. The van der Waals surface area contributed by atoms with Crippen molar-refractivity contribution in [1.82, 2.24) is 5.43 Å². The molecule has 2 heteroatoms. The Morgan fingerprint density at radius 3 is 2.71 bits per heavy atom. The highest BCUT2D eigenvalue weighted by atomic mass is 15.2. The van der Waals surface area contributed by atoms with E-state index in [2.05, 4.69) is 43.5 Å². The molecule has 3 N–H and O–H groups in total. The Balaban J connectivity index is 1.89. The molecule has 0 bridgehead atoms. The second-order valence-corrected chi connectivity index (χ2v) is 5.61.